The van der Waals surface area contributed by atoms with Gasteiger partial charge in [0.05, 0.1) is 11.6 Å². The number of hydrogen-bond acceptors (Lipinski definition) is 3. The average molecular weight is 288 g/mol. The molecule has 0 aliphatic rings. The maximum Gasteiger partial charge on any atom is 0.172 e. The highest BCUT2D eigenvalue weighted by Crippen LogP contribution is 2.35. The second kappa shape index (κ2) is 6.11. The second-order valence-corrected chi connectivity index (χ2v) is 4.67. The van der Waals surface area contributed by atoms with E-state index in [1.807, 2.05) is 12.1 Å². The van der Waals surface area contributed by atoms with Crippen LogP contribution < -0.4 is 10.1 Å². The third-order valence-corrected chi connectivity index (χ3v) is 3.18. The Morgan fingerprint density at radius 3 is 2.75 bits per heavy atom. The lowest BCUT2D eigenvalue weighted by molar-refractivity contribution is 0.371. The van der Waals surface area contributed by atoms with Crippen molar-refractivity contribution in [3.8, 4) is 11.5 Å². The minimum atomic E-state index is 0.148. The molecule has 0 aromatic heterocycles. The van der Waals surface area contributed by atoms with Gasteiger partial charge in [-0.15, -0.1) is 0 Å². The Hall–Kier alpha value is -0.740. The number of aromatic hydroxyl groups is 1. The van der Waals surface area contributed by atoms with Gasteiger partial charge in [-0.3, -0.25) is 0 Å². The highest BCUT2D eigenvalue weighted by molar-refractivity contribution is 9.10. The minimum absolute atomic E-state index is 0.148. The summed E-state index contributed by atoms with van der Waals surface area (Å²) in [7, 11) is 1.55. The Labute approximate surface area is 105 Å². The van der Waals surface area contributed by atoms with Gasteiger partial charge in [0, 0.05) is 12.6 Å². The van der Waals surface area contributed by atoms with Crippen LogP contribution >= 0.6 is 15.9 Å². The number of ether oxygens (including phenoxy) is 1. The summed E-state index contributed by atoms with van der Waals surface area (Å²) in [6, 6.07) is 4.22. The molecule has 0 radical (unpaired) electrons. The molecule has 1 atom stereocenters. The van der Waals surface area contributed by atoms with Crippen molar-refractivity contribution >= 4 is 15.9 Å². The van der Waals surface area contributed by atoms with Gasteiger partial charge in [-0.1, -0.05) is 6.92 Å². The zero-order valence-corrected chi connectivity index (χ0v) is 11.5. The lowest BCUT2D eigenvalue weighted by Gasteiger charge is -2.13. The first kappa shape index (κ1) is 13.3. The number of hydrogen-bond donors (Lipinski definition) is 2. The van der Waals surface area contributed by atoms with Crippen LogP contribution in [0.3, 0.4) is 0 Å². The molecule has 2 N–H and O–H groups in total. The Balaban J connectivity index is 2.78. The highest BCUT2D eigenvalue weighted by atomic mass is 79.9. The summed E-state index contributed by atoms with van der Waals surface area (Å²) in [5.41, 5.74) is 1.09. The first-order chi connectivity index (χ1) is 7.58. The van der Waals surface area contributed by atoms with E-state index >= 15 is 0 Å². The van der Waals surface area contributed by atoms with Crippen LogP contribution in [0.25, 0.3) is 0 Å². The molecule has 0 saturated heterocycles. The summed E-state index contributed by atoms with van der Waals surface area (Å²) < 4.78 is 5.75. The van der Waals surface area contributed by atoms with E-state index in [-0.39, 0.29) is 5.75 Å². The molecular formula is C12H18BrNO2. The van der Waals surface area contributed by atoms with Crippen molar-refractivity contribution < 1.29 is 9.84 Å². The Kier molecular flexibility index (Phi) is 5.09. The molecule has 1 rings (SSSR count). The predicted molar refractivity (Wildman–Crippen MR) is 69.0 cm³/mol. The van der Waals surface area contributed by atoms with E-state index < -0.39 is 0 Å². The molecule has 1 aromatic carbocycles. The second-order valence-electron chi connectivity index (χ2n) is 3.82. The number of nitrogens with one attached hydrogen (secondary N) is 1. The zero-order chi connectivity index (χ0) is 12.1. The molecular weight excluding hydrogens is 270 g/mol. The monoisotopic (exact) mass is 287 g/mol. The van der Waals surface area contributed by atoms with Crippen molar-refractivity contribution in [1.82, 2.24) is 5.32 Å². The van der Waals surface area contributed by atoms with Crippen LogP contribution in [-0.2, 0) is 6.54 Å². The van der Waals surface area contributed by atoms with Crippen molar-refractivity contribution in [1.29, 1.82) is 0 Å². The number of methoxy groups -OCH3 is 1. The molecule has 0 saturated carbocycles. The van der Waals surface area contributed by atoms with Crippen molar-refractivity contribution in [2.75, 3.05) is 7.11 Å². The lowest BCUT2D eigenvalue weighted by atomic mass is 10.2. The van der Waals surface area contributed by atoms with Gasteiger partial charge >= 0.3 is 0 Å². The van der Waals surface area contributed by atoms with Crippen LogP contribution in [0.1, 0.15) is 25.8 Å². The van der Waals surface area contributed by atoms with Crippen LogP contribution in [0.2, 0.25) is 0 Å². The molecule has 4 heteroatoms. The summed E-state index contributed by atoms with van der Waals surface area (Å²) in [5, 5.41) is 13.0. The Morgan fingerprint density at radius 2 is 2.19 bits per heavy atom. The highest BCUT2D eigenvalue weighted by Gasteiger charge is 2.08. The largest absolute Gasteiger partial charge is 0.503 e. The van der Waals surface area contributed by atoms with Crippen molar-refractivity contribution in [3.63, 3.8) is 0 Å². The lowest BCUT2D eigenvalue weighted by Crippen LogP contribution is -2.24. The van der Waals surface area contributed by atoms with Gasteiger partial charge in [-0.25, -0.2) is 0 Å². The van der Waals surface area contributed by atoms with Crippen LogP contribution in [0.5, 0.6) is 11.5 Å². The third-order valence-electron chi connectivity index (χ3n) is 2.58. The molecule has 0 fully saturated rings. The van der Waals surface area contributed by atoms with Gasteiger partial charge in [0.15, 0.2) is 11.5 Å². The SMILES string of the molecule is CC[C@@H](C)NCc1cc(Br)c(O)c(OC)c1. The van der Waals surface area contributed by atoms with E-state index in [2.05, 4.69) is 35.1 Å². The standard InChI is InChI=1S/C12H18BrNO2/c1-4-8(2)14-7-9-5-10(13)12(15)11(6-9)16-3/h5-6,8,14-15H,4,7H2,1-3H3/t8-/m1/s1. The minimum Gasteiger partial charge on any atom is -0.503 e. The fourth-order valence-electron chi connectivity index (χ4n) is 1.32. The van der Waals surface area contributed by atoms with Crippen molar-refractivity contribution in [2.45, 2.75) is 32.9 Å². The van der Waals surface area contributed by atoms with E-state index in [0.29, 0.717) is 16.3 Å². The van der Waals surface area contributed by atoms with Gasteiger partial charge in [-0.05, 0) is 47.0 Å². The summed E-state index contributed by atoms with van der Waals surface area (Å²) in [4.78, 5) is 0. The Morgan fingerprint density at radius 1 is 1.50 bits per heavy atom. The normalized spacial score (nSPS) is 12.5. The van der Waals surface area contributed by atoms with Gasteiger partial charge in [0.1, 0.15) is 0 Å². The molecule has 0 spiro atoms. The smallest absolute Gasteiger partial charge is 0.172 e. The van der Waals surface area contributed by atoms with Crippen molar-refractivity contribution in [2.24, 2.45) is 0 Å². The average Bonchev–Trinajstić information content (AvgIpc) is 2.29. The molecule has 3 nitrogen and oxygen atoms in total. The Bertz CT molecular complexity index is 355. The molecule has 0 heterocycles. The fraction of sp³-hybridized carbons (Fsp3) is 0.500. The summed E-state index contributed by atoms with van der Waals surface area (Å²) in [6.07, 6.45) is 1.09. The van der Waals surface area contributed by atoms with Crippen LogP contribution in [0.4, 0.5) is 0 Å². The summed E-state index contributed by atoms with van der Waals surface area (Å²) >= 11 is 3.30. The van der Waals surface area contributed by atoms with Gasteiger partial charge < -0.3 is 15.2 Å². The molecule has 16 heavy (non-hydrogen) atoms. The maximum atomic E-state index is 9.65. The molecule has 0 aliphatic carbocycles. The number of phenols is 1. The first-order valence-corrected chi connectivity index (χ1v) is 6.16. The number of halogens is 1. The van der Waals surface area contributed by atoms with Crippen LogP contribution in [0.15, 0.2) is 16.6 Å². The molecule has 0 aliphatic heterocycles. The molecule has 0 unspecified atom stereocenters. The first-order valence-electron chi connectivity index (χ1n) is 5.37. The molecule has 0 bridgehead atoms. The summed E-state index contributed by atoms with van der Waals surface area (Å²) in [6.45, 7) is 5.06. The molecule has 1 aromatic rings. The fourth-order valence-corrected chi connectivity index (χ4v) is 1.81. The number of rotatable bonds is 5. The quantitative estimate of drug-likeness (QED) is 0.875. The van der Waals surface area contributed by atoms with E-state index in [1.54, 1.807) is 7.11 Å². The molecule has 0 amide bonds. The molecule has 90 valence electrons. The van der Waals surface area contributed by atoms with Gasteiger partial charge in [0.2, 0.25) is 0 Å². The predicted octanol–water partition coefficient (Wildman–Crippen LogP) is 3.05. The maximum absolute atomic E-state index is 9.65. The zero-order valence-electron chi connectivity index (χ0n) is 9.88. The van der Waals surface area contributed by atoms with Crippen molar-refractivity contribution in [3.05, 3.63) is 22.2 Å². The van der Waals surface area contributed by atoms with Crippen LogP contribution in [0, 0.1) is 0 Å². The van der Waals surface area contributed by atoms with Crippen LogP contribution in [-0.4, -0.2) is 18.3 Å². The summed E-state index contributed by atoms with van der Waals surface area (Å²) in [5.74, 6) is 0.644. The number of benzene rings is 1. The van der Waals surface area contributed by atoms with E-state index in [1.165, 1.54) is 0 Å². The van der Waals surface area contributed by atoms with E-state index in [9.17, 15) is 5.11 Å². The van der Waals surface area contributed by atoms with E-state index in [4.69, 9.17) is 4.74 Å². The van der Waals surface area contributed by atoms with Gasteiger partial charge in [-0.2, -0.15) is 0 Å². The van der Waals surface area contributed by atoms with Gasteiger partial charge in [0.25, 0.3) is 0 Å². The number of phenolic OH excluding ortho intramolecular Hbond substituents is 1. The van der Waals surface area contributed by atoms with E-state index in [0.717, 1.165) is 18.5 Å². The third kappa shape index (κ3) is 3.39. The topological polar surface area (TPSA) is 41.5 Å².